The summed E-state index contributed by atoms with van der Waals surface area (Å²) in [5, 5.41) is 1.89. The Bertz CT molecular complexity index is 825. The molecule has 0 atom stereocenters. The Balaban J connectivity index is 1.58. The van der Waals surface area contributed by atoms with Crippen molar-refractivity contribution >= 4 is 29.2 Å². The van der Waals surface area contributed by atoms with Crippen molar-refractivity contribution in [2.75, 3.05) is 40.4 Å². The van der Waals surface area contributed by atoms with Gasteiger partial charge in [-0.1, -0.05) is 6.07 Å². The van der Waals surface area contributed by atoms with Gasteiger partial charge in [0.05, 0.1) is 19.1 Å². The van der Waals surface area contributed by atoms with Crippen molar-refractivity contribution in [3.05, 3.63) is 52.2 Å². The van der Waals surface area contributed by atoms with Gasteiger partial charge in [0.15, 0.2) is 0 Å². The number of nitrogens with zero attached hydrogens (tertiary/aromatic N) is 2. The number of methoxy groups -OCH3 is 2. The molecule has 0 bridgehead atoms. The zero-order valence-electron chi connectivity index (χ0n) is 15.4. The third kappa shape index (κ3) is 4.49. The first-order valence-corrected chi connectivity index (χ1v) is 9.52. The predicted octanol–water partition coefficient (Wildman–Crippen LogP) is 2.76. The minimum Gasteiger partial charge on any atom is -0.497 e. The monoisotopic (exact) mass is 386 g/mol. The van der Waals surface area contributed by atoms with Crippen LogP contribution in [0.15, 0.2) is 41.8 Å². The molecule has 142 valence electrons. The van der Waals surface area contributed by atoms with Crippen LogP contribution in [0, 0.1) is 0 Å². The maximum absolute atomic E-state index is 12.5. The highest BCUT2D eigenvalue weighted by atomic mass is 32.1. The van der Waals surface area contributed by atoms with Crippen LogP contribution in [-0.4, -0.2) is 62.0 Å². The molecule has 6 nitrogen and oxygen atoms in total. The molecule has 0 spiro atoms. The zero-order chi connectivity index (χ0) is 19.2. The standard InChI is InChI=1S/C20H22N2O4S/c1-25-16-7-5-15(17(14-16)26-2)6-8-19(23)21-9-11-22(12-10-21)20(24)18-4-3-13-27-18/h3-8,13-14H,9-12H2,1-2H3/b8-6+. The van der Waals surface area contributed by atoms with Gasteiger partial charge in [-0.3, -0.25) is 9.59 Å². The van der Waals surface area contributed by atoms with E-state index in [9.17, 15) is 9.59 Å². The van der Waals surface area contributed by atoms with Crippen molar-refractivity contribution in [1.82, 2.24) is 9.80 Å². The van der Waals surface area contributed by atoms with E-state index in [1.54, 1.807) is 42.2 Å². The van der Waals surface area contributed by atoms with Crippen LogP contribution in [0.5, 0.6) is 11.5 Å². The lowest BCUT2D eigenvalue weighted by molar-refractivity contribution is -0.127. The largest absolute Gasteiger partial charge is 0.497 e. The highest BCUT2D eigenvalue weighted by Gasteiger charge is 2.24. The lowest BCUT2D eigenvalue weighted by atomic mass is 10.1. The summed E-state index contributed by atoms with van der Waals surface area (Å²) in [4.78, 5) is 29.1. The Morgan fingerprint density at radius 2 is 1.78 bits per heavy atom. The summed E-state index contributed by atoms with van der Waals surface area (Å²) in [5.41, 5.74) is 0.804. The number of ether oxygens (including phenoxy) is 2. The third-order valence-corrected chi connectivity index (χ3v) is 5.31. The SMILES string of the molecule is COc1ccc(/C=C/C(=O)N2CCN(C(=O)c3cccs3)CC2)c(OC)c1. The van der Waals surface area contributed by atoms with Crippen molar-refractivity contribution in [3.8, 4) is 11.5 Å². The van der Waals surface area contributed by atoms with Crippen LogP contribution in [-0.2, 0) is 4.79 Å². The molecule has 0 radical (unpaired) electrons. The molecule has 2 amide bonds. The van der Waals surface area contributed by atoms with Crippen molar-refractivity contribution < 1.29 is 19.1 Å². The summed E-state index contributed by atoms with van der Waals surface area (Å²) >= 11 is 1.44. The molecule has 1 aliphatic rings. The van der Waals surface area contributed by atoms with Crippen molar-refractivity contribution in [2.45, 2.75) is 0 Å². The number of hydrogen-bond donors (Lipinski definition) is 0. The Labute approximate surface area is 162 Å². The van der Waals surface area contributed by atoms with Gasteiger partial charge in [-0.05, 0) is 29.7 Å². The van der Waals surface area contributed by atoms with Gasteiger partial charge < -0.3 is 19.3 Å². The van der Waals surface area contributed by atoms with E-state index in [-0.39, 0.29) is 11.8 Å². The topological polar surface area (TPSA) is 59.1 Å². The van der Waals surface area contributed by atoms with Gasteiger partial charge in [0, 0.05) is 43.9 Å². The summed E-state index contributed by atoms with van der Waals surface area (Å²) < 4.78 is 10.5. The number of piperazine rings is 1. The summed E-state index contributed by atoms with van der Waals surface area (Å²) in [6.07, 6.45) is 3.28. The number of carbonyl (C=O) groups excluding carboxylic acids is 2. The molecule has 1 aliphatic heterocycles. The summed E-state index contributed by atoms with van der Waals surface area (Å²) in [6.45, 7) is 2.14. The number of benzene rings is 1. The van der Waals surface area contributed by atoms with E-state index in [0.29, 0.717) is 37.7 Å². The first-order valence-electron chi connectivity index (χ1n) is 8.64. The number of rotatable bonds is 5. The molecular weight excluding hydrogens is 364 g/mol. The van der Waals surface area contributed by atoms with E-state index in [2.05, 4.69) is 0 Å². The maximum Gasteiger partial charge on any atom is 0.264 e. The Morgan fingerprint density at radius 3 is 2.41 bits per heavy atom. The molecule has 1 saturated heterocycles. The molecule has 27 heavy (non-hydrogen) atoms. The number of thiophene rings is 1. The van der Waals surface area contributed by atoms with Gasteiger partial charge in [0.1, 0.15) is 11.5 Å². The quantitative estimate of drug-likeness (QED) is 0.742. The van der Waals surface area contributed by atoms with E-state index >= 15 is 0 Å². The first kappa shape index (κ1) is 19.0. The van der Waals surface area contributed by atoms with E-state index in [0.717, 1.165) is 10.4 Å². The first-order chi connectivity index (χ1) is 13.1. The lowest BCUT2D eigenvalue weighted by Gasteiger charge is -2.34. The van der Waals surface area contributed by atoms with Crippen LogP contribution < -0.4 is 9.47 Å². The minimum absolute atomic E-state index is 0.0376. The molecule has 0 saturated carbocycles. The predicted molar refractivity (Wildman–Crippen MR) is 105 cm³/mol. The molecule has 7 heteroatoms. The zero-order valence-corrected chi connectivity index (χ0v) is 16.2. The van der Waals surface area contributed by atoms with Crippen molar-refractivity contribution in [2.24, 2.45) is 0 Å². The van der Waals surface area contributed by atoms with Crippen LogP contribution in [0.1, 0.15) is 15.2 Å². The second kappa shape index (κ2) is 8.73. The van der Waals surface area contributed by atoms with Gasteiger partial charge in [-0.2, -0.15) is 0 Å². The van der Waals surface area contributed by atoms with E-state index in [1.807, 2.05) is 29.6 Å². The van der Waals surface area contributed by atoms with E-state index < -0.39 is 0 Å². The molecule has 0 unspecified atom stereocenters. The number of carbonyl (C=O) groups is 2. The molecule has 0 aliphatic carbocycles. The third-order valence-electron chi connectivity index (χ3n) is 4.46. The summed E-state index contributed by atoms with van der Waals surface area (Å²) in [5.74, 6) is 1.30. The summed E-state index contributed by atoms with van der Waals surface area (Å²) in [7, 11) is 3.18. The van der Waals surface area contributed by atoms with Gasteiger partial charge in [0.2, 0.25) is 5.91 Å². The van der Waals surface area contributed by atoms with Gasteiger partial charge in [-0.15, -0.1) is 11.3 Å². The van der Waals surface area contributed by atoms with Crippen LogP contribution in [0.2, 0.25) is 0 Å². The Morgan fingerprint density at radius 1 is 1.04 bits per heavy atom. The molecule has 3 rings (SSSR count). The maximum atomic E-state index is 12.5. The fourth-order valence-electron chi connectivity index (χ4n) is 2.91. The van der Waals surface area contributed by atoms with Crippen LogP contribution in [0.25, 0.3) is 6.08 Å². The van der Waals surface area contributed by atoms with Crippen LogP contribution in [0.4, 0.5) is 0 Å². The van der Waals surface area contributed by atoms with E-state index in [4.69, 9.17) is 9.47 Å². The highest BCUT2D eigenvalue weighted by molar-refractivity contribution is 7.12. The molecule has 1 aromatic carbocycles. The Kier molecular flexibility index (Phi) is 6.13. The van der Waals surface area contributed by atoms with Gasteiger partial charge in [0.25, 0.3) is 5.91 Å². The second-order valence-electron chi connectivity index (χ2n) is 6.04. The normalized spacial score (nSPS) is 14.4. The Hall–Kier alpha value is -2.80. The molecule has 2 heterocycles. The fraction of sp³-hybridized carbons (Fsp3) is 0.300. The molecule has 2 aromatic rings. The van der Waals surface area contributed by atoms with Crippen molar-refractivity contribution in [3.63, 3.8) is 0 Å². The lowest BCUT2D eigenvalue weighted by Crippen LogP contribution is -2.50. The van der Waals surface area contributed by atoms with Gasteiger partial charge >= 0.3 is 0 Å². The summed E-state index contributed by atoms with van der Waals surface area (Å²) in [6, 6.07) is 9.14. The van der Waals surface area contributed by atoms with Crippen LogP contribution >= 0.6 is 11.3 Å². The number of amides is 2. The molecule has 0 N–H and O–H groups in total. The van der Waals surface area contributed by atoms with Gasteiger partial charge in [-0.25, -0.2) is 0 Å². The van der Waals surface area contributed by atoms with Crippen molar-refractivity contribution in [1.29, 1.82) is 0 Å². The average Bonchev–Trinajstić information content (AvgIpc) is 3.26. The molecule has 1 aromatic heterocycles. The number of hydrogen-bond acceptors (Lipinski definition) is 5. The minimum atomic E-state index is -0.0731. The molecule has 1 fully saturated rings. The van der Waals surface area contributed by atoms with E-state index in [1.165, 1.54) is 11.3 Å². The molecular formula is C20H22N2O4S. The second-order valence-corrected chi connectivity index (χ2v) is 6.98. The fourth-order valence-corrected chi connectivity index (χ4v) is 3.60. The average molecular weight is 386 g/mol. The smallest absolute Gasteiger partial charge is 0.264 e. The van der Waals surface area contributed by atoms with Crippen LogP contribution in [0.3, 0.4) is 0 Å². The highest BCUT2D eigenvalue weighted by Crippen LogP contribution is 2.25.